The van der Waals surface area contributed by atoms with Crippen molar-refractivity contribution in [1.82, 2.24) is 10.2 Å². The third-order valence-corrected chi connectivity index (χ3v) is 4.52. The van der Waals surface area contributed by atoms with Gasteiger partial charge in [-0.1, -0.05) is 12.1 Å². The number of benzene rings is 1. The molecule has 3 rings (SSSR count). The summed E-state index contributed by atoms with van der Waals surface area (Å²) in [7, 11) is 1.68. The van der Waals surface area contributed by atoms with Crippen molar-refractivity contribution in [3.05, 3.63) is 24.3 Å². The van der Waals surface area contributed by atoms with E-state index in [0.29, 0.717) is 12.1 Å². The normalized spacial score (nSPS) is 26.6. The number of ether oxygens (including phenoxy) is 2. The number of hydrogen-bond donors (Lipinski definition) is 1. The van der Waals surface area contributed by atoms with E-state index < -0.39 is 0 Å². The highest BCUT2D eigenvalue weighted by molar-refractivity contribution is 5.39. The Morgan fingerprint density at radius 2 is 2.00 bits per heavy atom. The second-order valence-corrected chi connectivity index (χ2v) is 6.21. The first-order chi connectivity index (χ1) is 10.3. The molecule has 1 saturated carbocycles. The van der Waals surface area contributed by atoms with E-state index in [2.05, 4.69) is 17.1 Å². The molecule has 1 aliphatic heterocycles. The highest BCUT2D eigenvalue weighted by Crippen LogP contribution is 2.36. The fourth-order valence-corrected chi connectivity index (χ4v) is 3.22. The average Bonchev–Trinajstić information content (AvgIpc) is 3.32. The number of methoxy groups -OCH3 is 1. The summed E-state index contributed by atoms with van der Waals surface area (Å²) in [6, 6.07) is 9.13. The quantitative estimate of drug-likeness (QED) is 0.870. The molecule has 1 saturated heterocycles. The third kappa shape index (κ3) is 3.69. The molecule has 0 amide bonds. The van der Waals surface area contributed by atoms with Gasteiger partial charge in [0.1, 0.15) is 6.61 Å². The minimum absolute atomic E-state index is 0.575. The summed E-state index contributed by atoms with van der Waals surface area (Å²) < 4.78 is 11.3. The van der Waals surface area contributed by atoms with Gasteiger partial charge in [-0.15, -0.1) is 0 Å². The molecule has 0 radical (unpaired) electrons. The molecule has 1 N–H and O–H groups in total. The molecule has 0 spiro atoms. The molecule has 1 aromatic rings. The Balaban J connectivity index is 1.53. The van der Waals surface area contributed by atoms with Crippen LogP contribution < -0.4 is 14.8 Å². The molecular weight excluding hydrogens is 264 g/mol. The summed E-state index contributed by atoms with van der Waals surface area (Å²) in [5.74, 6) is 2.55. The zero-order valence-corrected chi connectivity index (χ0v) is 13.0. The van der Waals surface area contributed by atoms with Crippen LogP contribution >= 0.6 is 0 Å². The molecule has 1 aromatic carbocycles. The van der Waals surface area contributed by atoms with Gasteiger partial charge in [-0.2, -0.15) is 0 Å². The first-order valence-electron chi connectivity index (χ1n) is 8.01. The molecule has 2 atom stereocenters. The monoisotopic (exact) mass is 290 g/mol. The fraction of sp³-hybridized carbons (Fsp3) is 0.647. The summed E-state index contributed by atoms with van der Waals surface area (Å²) in [6.45, 7) is 6.22. The molecule has 4 heteroatoms. The smallest absolute Gasteiger partial charge is 0.161 e. The molecule has 0 bridgehead atoms. The minimum Gasteiger partial charge on any atom is -0.493 e. The van der Waals surface area contributed by atoms with Gasteiger partial charge in [0.2, 0.25) is 0 Å². The van der Waals surface area contributed by atoms with Crippen LogP contribution in [0.3, 0.4) is 0 Å². The van der Waals surface area contributed by atoms with Gasteiger partial charge in [0.15, 0.2) is 11.5 Å². The average molecular weight is 290 g/mol. The highest BCUT2D eigenvalue weighted by Gasteiger charge is 2.37. The summed E-state index contributed by atoms with van der Waals surface area (Å²) in [6.07, 6.45) is 2.79. The second-order valence-electron chi connectivity index (χ2n) is 6.21. The number of para-hydroxylation sites is 2. The standard InChI is InChI=1S/C17H26N2O2/c1-13-12-19(15(11-18-13)14-7-8-14)9-10-21-17-6-4-3-5-16(17)20-2/h3-6,13-15,18H,7-12H2,1-2H3. The van der Waals surface area contributed by atoms with E-state index in [1.54, 1.807) is 7.11 Å². The van der Waals surface area contributed by atoms with E-state index in [4.69, 9.17) is 9.47 Å². The first-order valence-corrected chi connectivity index (χ1v) is 8.01. The number of rotatable bonds is 6. The summed E-state index contributed by atoms with van der Waals surface area (Å²) in [5.41, 5.74) is 0. The lowest BCUT2D eigenvalue weighted by Crippen LogP contribution is -2.57. The van der Waals surface area contributed by atoms with Crippen molar-refractivity contribution in [3.8, 4) is 11.5 Å². The molecule has 2 aliphatic rings. The number of nitrogens with zero attached hydrogens (tertiary/aromatic N) is 1. The molecule has 1 heterocycles. The summed E-state index contributed by atoms with van der Waals surface area (Å²) >= 11 is 0. The predicted molar refractivity (Wildman–Crippen MR) is 84.0 cm³/mol. The Morgan fingerprint density at radius 1 is 1.24 bits per heavy atom. The Morgan fingerprint density at radius 3 is 2.71 bits per heavy atom. The molecule has 2 fully saturated rings. The van der Waals surface area contributed by atoms with E-state index in [9.17, 15) is 0 Å². The van der Waals surface area contributed by atoms with Crippen molar-refractivity contribution in [2.45, 2.75) is 31.8 Å². The molecular formula is C17H26N2O2. The van der Waals surface area contributed by atoms with Gasteiger partial charge in [0.05, 0.1) is 7.11 Å². The Hall–Kier alpha value is -1.26. The maximum atomic E-state index is 5.93. The van der Waals surface area contributed by atoms with Crippen LogP contribution in [0.5, 0.6) is 11.5 Å². The lowest BCUT2D eigenvalue weighted by molar-refractivity contribution is 0.0997. The lowest BCUT2D eigenvalue weighted by atomic mass is 10.1. The van der Waals surface area contributed by atoms with Crippen molar-refractivity contribution in [1.29, 1.82) is 0 Å². The maximum absolute atomic E-state index is 5.93. The van der Waals surface area contributed by atoms with Crippen LogP contribution in [0.1, 0.15) is 19.8 Å². The Kier molecular flexibility index (Phi) is 4.66. The van der Waals surface area contributed by atoms with Crippen LogP contribution in [0.25, 0.3) is 0 Å². The minimum atomic E-state index is 0.575. The molecule has 21 heavy (non-hydrogen) atoms. The van der Waals surface area contributed by atoms with E-state index >= 15 is 0 Å². The molecule has 2 unspecified atom stereocenters. The topological polar surface area (TPSA) is 33.7 Å². The van der Waals surface area contributed by atoms with Crippen molar-refractivity contribution in [3.63, 3.8) is 0 Å². The second kappa shape index (κ2) is 6.67. The zero-order chi connectivity index (χ0) is 14.7. The van der Waals surface area contributed by atoms with E-state index in [0.717, 1.165) is 43.7 Å². The SMILES string of the molecule is COc1ccccc1OCCN1CC(C)NCC1C1CC1. The van der Waals surface area contributed by atoms with E-state index in [1.807, 2.05) is 24.3 Å². The fourth-order valence-electron chi connectivity index (χ4n) is 3.22. The number of piperazine rings is 1. The zero-order valence-electron chi connectivity index (χ0n) is 13.0. The maximum Gasteiger partial charge on any atom is 0.161 e. The van der Waals surface area contributed by atoms with E-state index in [1.165, 1.54) is 12.8 Å². The van der Waals surface area contributed by atoms with Crippen molar-refractivity contribution < 1.29 is 9.47 Å². The van der Waals surface area contributed by atoms with Crippen LogP contribution in [-0.2, 0) is 0 Å². The third-order valence-electron chi connectivity index (χ3n) is 4.52. The first kappa shape index (κ1) is 14.7. The van der Waals surface area contributed by atoms with Crippen molar-refractivity contribution >= 4 is 0 Å². The van der Waals surface area contributed by atoms with Gasteiger partial charge >= 0.3 is 0 Å². The Bertz CT molecular complexity index is 462. The van der Waals surface area contributed by atoms with Crippen LogP contribution in [-0.4, -0.2) is 50.3 Å². The van der Waals surface area contributed by atoms with Gasteiger partial charge in [-0.05, 0) is 37.8 Å². The van der Waals surface area contributed by atoms with Gasteiger partial charge in [-0.25, -0.2) is 0 Å². The van der Waals surface area contributed by atoms with Gasteiger partial charge < -0.3 is 14.8 Å². The van der Waals surface area contributed by atoms with Crippen LogP contribution in [0.15, 0.2) is 24.3 Å². The van der Waals surface area contributed by atoms with Crippen LogP contribution in [0.4, 0.5) is 0 Å². The number of nitrogens with one attached hydrogen (secondary N) is 1. The Labute approximate surface area is 127 Å². The van der Waals surface area contributed by atoms with E-state index in [-0.39, 0.29) is 0 Å². The van der Waals surface area contributed by atoms with Crippen LogP contribution in [0, 0.1) is 5.92 Å². The van der Waals surface area contributed by atoms with Gasteiger partial charge in [0, 0.05) is 31.7 Å². The van der Waals surface area contributed by atoms with Crippen LogP contribution in [0.2, 0.25) is 0 Å². The lowest BCUT2D eigenvalue weighted by Gasteiger charge is -2.39. The van der Waals surface area contributed by atoms with Gasteiger partial charge in [0.25, 0.3) is 0 Å². The highest BCUT2D eigenvalue weighted by atomic mass is 16.5. The summed E-state index contributed by atoms with van der Waals surface area (Å²) in [5, 5.41) is 3.61. The van der Waals surface area contributed by atoms with Crippen molar-refractivity contribution in [2.75, 3.05) is 33.4 Å². The molecule has 116 valence electrons. The predicted octanol–water partition coefficient (Wildman–Crippen LogP) is 2.15. The summed E-state index contributed by atoms with van der Waals surface area (Å²) in [4.78, 5) is 2.61. The number of hydrogen-bond acceptors (Lipinski definition) is 4. The molecule has 1 aliphatic carbocycles. The van der Waals surface area contributed by atoms with Gasteiger partial charge in [-0.3, -0.25) is 4.90 Å². The van der Waals surface area contributed by atoms with Crippen molar-refractivity contribution in [2.24, 2.45) is 5.92 Å². The molecule has 4 nitrogen and oxygen atoms in total. The largest absolute Gasteiger partial charge is 0.493 e. The molecule has 0 aromatic heterocycles.